The minimum Gasteiger partial charge on any atom is -0.497 e. The molecule has 136 valence electrons. The first-order valence-electron chi connectivity index (χ1n) is 8.62. The van der Waals surface area contributed by atoms with E-state index in [0.29, 0.717) is 23.6 Å². The van der Waals surface area contributed by atoms with Crippen LogP contribution in [-0.2, 0) is 13.1 Å². The van der Waals surface area contributed by atoms with Crippen molar-refractivity contribution >= 4 is 16.8 Å². The van der Waals surface area contributed by atoms with E-state index in [4.69, 9.17) is 9.47 Å². The number of carbonyl (C=O) groups is 1. The first kappa shape index (κ1) is 17.8. The van der Waals surface area contributed by atoms with Crippen molar-refractivity contribution in [3.8, 4) is 11.5 Å². The molecule has 1 heterocycles. The van der Waals surface area contributed by atoms with Crippen LogP contribution in [0.2, 0.25) is 0 Å². The summed E-state index contributed by atoms with van der Waals surface area (Å²) < 4.78 is 12.4. The Morgan fingerprint density at radius 2 is 1.81 bits per heavy atom. The Morgan fingerprint density at radius 3 is 2.46 bits per heavy atom. The van der Waals surface area contributed by atoms with Crippen LogP contribution < -0.4 is 14.8 Å². The first-order valence-corrected chi connectivity index (χ1v) is 8.62. The number of methoxy groups -OCH3 is 2. The summed E-state index contributed by atoms with van der Waals surface area (Å²) in [5.74, 6) is 0.954. The van der Waals surface area contributed by atoms with Crippen LogP contribution >= 0.6 is 0 Å². The average molecular weight is 353 g/mol. The Kier molecular flexibility index (Phi) is 5.41. The number of nitrogens with zero attached hydrogens (tertiary/aromatic N) is 2. The van der Waals surface area contributed by atoms with Gasteiger partial charge in [-0.15, -0.1) is 0 Å². The van der Waals surface area contributed by atoms with E-state index in [9.17, 15) is 4.79 Å². The molecule has 3 rings (SSSR count). The van der Waals surface area contributed by atoms with Crippen molar-refractivity contribution < 1.29 is 14.3 Å². The van der Waals surface area contributed by atoms with Crippen molar-refractivity contribution in [3.05, 3.63) is 53.7 Å². The van der Waals surface area contributed by atoms with Crippen LogP contribution in [0.3, 0.4) is 0 Å². The van der Waals surface area contributed by atoms with Gasteiger partial charge in [0, 0.05) is 23.6 Å². The van der Waals surface area contributed by atoms with Gasteiger partial charge in [0.15, 0.2) is 0 Å². The van der Waals surface area contributed by atoms with E-state index >= 15 is 0 Å². The van der Waals surface area contributed by atoms with E-state index in [2.05, 4.69) is 23.4 Å². The van der Waals surface area contributed by atoms with Gasteiger partial charge >= 0.3 is 0 Å². The van der Waals surface area contributed by atoms with Gasteiger partial charge in [-0.05, 0) is 24.6 Å². The molecule has 1 amide bonds. The van der Waals surface area contributed by atoms with Gasteiger partial charge in [0.1, 0.15) is 11.5 Å². The first-order chi connectivity index (χ1) is 12.7. The van der Waals surface area contributed by atoms with Crippen LogP contribution in [-0.4, -0.2) is 29.9 Å². The van der Waals surface area contributed by atoms with Crippen LogP contribution in [0.15, 0.2) is 42.5 Å². The molecule has 0 unspecified atom stereocenters. The maximum atomic E-state index is 12.6. The number of hydrogen-bond acceptors (Lipinski definition) is 4. The van der Waals surface area contributed by atoms with Gasteiger partial charge in [-0.2, -0.15) is 5.10 Å². The lowest BCUT2D eigenvalue weighted by atomic mass is 10.1. The van der Waals surface area contributed by atoms with E-state index in [1.165, 1.54) is 0 Å². The van der Waals surface area contributed by atoms with Crippen LogP contribution in [0, 0.1) is 0 Å². The third-order valence-electron chi connectivity index (χ3n) is 4.20. The predicted molar refractivity (Wildman–Crippen MR) is 101 cm³/mol. The monoisotopic (exact) mass is 353 g/mol. The zero-order chi connectivity index (χ0) is 18.5. The fraction of sp³-hybridized carbons (Fsp3) is 0.300. The number of carbonyl (C=O) groups excluding carboxylic acids is 1. The minimum absolute atomic E-state index is 0.198. The molecule has 0 saturated carbocycles. The molecule has 0 aliphatic carbocycles. The second-order valence-corrected chi connectivity index (χ2v) is 5.97. The van der Waals surface area contributed by atoms with Gasteiger partial charge in [0.2, 0.25) is 0 Å². The number of rotatable bonds is 7. The van der Waals surface area contributed by atoms with E-state index in [1.807, 2.05) is 22.9 Å². The Hall–Kier alpha value is -3.02. The third-order valence-corrected chi connectivity index (χ3v) is 4.20. The molecule has 1 N–H and O–H groups in total. The van der Waals surface area contributed by atoms with Crippen LogP contribution in [0.5, 0.6) is 11.5 Å². The topological polar surface area (TPSA) is 65.4 Å². The second-order valence-electron chi connectivity index (χ2n) is 5.97. The average Bonchev–Trinajstić information content (AvgIpc) is 3.03. The zero-order valence-corrected chi connectivity index (χ0v) is 15.3. The summed E-state index contributed by atoms with van der Waals surface area (Å²) in [6.45, 7) is 3.32. The van der Waals surface area contributed by atoms with E-state index < -0.39 is 0 Å². The molecule has 26 heavy (non-hydrogen) atoms. The molecular weight excluding hydrogens is 330 g/mol. The molecule has 6 nitrogen and oxygen atoms in total. The number of aryl methyl sites for hydroxylation is 1. The molecule has 3 aromatic rings. The molecule has 1 aromatic heterocycles. The van der Waals surface area contributed by atoms with Crippen molar-refractivity contribution in [2.75, 3.05) is 14.2 Å². The molecule has 0 radical (unpaired) electrons. The highest BCUT2D eigenvalue weighted by Gasteiger charge is 2.13. The van der Waals surface area contributed by atoms with Crippen molar-refractivity contribution in [2.45, 2.75) is 26.4 Å². The highest BCUT2D eigenvalue weighted by molar-refractivity contribution is 5.95. The fourth-order valence-electron chi connectivity index (χ4n) is 2.91. The Balaban J connectivity index is 1.81. The van der Waals surface area contributed by atoms with Gasteiger partial charge in [-0.1, -0.05) is 25.1 Å². The number of amides is 1. The second kappa shape index (κ2) is 7.91. The number of para-hydroxylation sites is 1. The maximum absolute atomic E-state index is 12.6. The van der Waals surface area contributed by atoms with Gasteiger partial charge in [-0.3, -0.25) is 9.48 Å². The molecule has 2 aromatic carbocycles. The van der Waals surface area contributed by atoms with Crippen molar-refractivity contribution in [1.29, 1.82) is 0 Å². The summed E-state index contributed by atoms with van der Waals surface area (Å²) in [4.78, 5) is 12.6. The summed E-state index contributed by atoms with van der Waals surface area (Å²) in [6, 6.07) is 13.2. The summed E-state index contributed by atoms with van der Waals surface area (Å²) in [7, 11) is 3.12. The normalized spacial score (nSPS) is 10.7. The molecule has 6 heteroatoms. The number of fused-ring (bicyclic) bond motifs is 1. The van der Waals surface area contributed by atoms with Crippen LogP contribution in [0.25, 0.3) is 10.9 Å². The smallest absolute Gasteiger partial charge is 0.251 e. The summed E-state index contributed by atoms with van der Waals surface area (Å²) in [6.07, 6.45) is 1.00. The molecule has 0 atom stereocenters. The number of nitrogens with one attached hydrogen (secondary N) is 1. The lowest BCUT2D eigenvalue weighted by molar-refractivity contribution is 0.0949. The maximum Gasteiger partial charge on any atom is 0.251 e. The van der Waals surface area contributed by atoms with Crippen molar-refractivity contribution in [2.24, 2.45) is 0 Å². The highest BCUT2D eigenvalue weighted by Crippen LogP contribution is 2.23. The molecule has 0 saturated heterocycles. The quantitative estimate of drug-likeness (QED) is 0.707. The number of benzene rings is 2. The fourth-order valence-corrected chi connectivity index (χ4v) is 2.91. The van der Waals surface area contributed by atoms with Crippen LogP contribution in [0.4, 0.5) is 0 Å². The standard InChI is InChI=1S/C20H23N3O3/c1-4-9-23-19-8-6-5-7-17(19)18(22-23)13-21-20(24)14-10-15(25-2)12-16(11-14)26-3/h5-8,10-12H,4,9,13H2,1-3H3,(H,21,24). The van der Waals surface area contributed by atoms with E-state index in [-0.39, 0.29) is 5.91 Å². The molecular formula is C20H23N3O3. The van der Waals surface area contributed by atoms with E-state index in [0.717, 1.165) is 29.6 Å². The van der Waals surface area contributed by atoms with Gasteiger partial charge in [0.05, 0.1) is 32.0 Å². The van der Waals surface area contributed by atoms with E-state index in [1.54, 1.807) is 32.4 Å². The minimum atomic E-state index is -0.198. The van der Waals surface area contributed by atoms with Gasteiger partial charge in [0.25, 0.3) is 5.91 Å². The highest BCUT2D eigenvalue weighted by atomic mass is 16.5. The lowest BCUT2D eigenvalue weighted by Gasteiger charge is -2.08. The SMILES string of the molecule is CCCn1nc(CNC(=O)c2cc(OC)cc(OC)c2)c2ccccc21. The predicted octanol–water partition coefficient (Wildman–Crippen LogP) is 3.39. The summed E-state index contributed by atoms with van der Waals surface area (Å²) in [5.41, 5.74) is 2.43. The van der Waals surface area contributed by atoms with Crippen molar-refractivity contribution in [3.63, 3.8) is 0 Å². The third kappa shape index (κ3) is 3.64. The Morgan fingerprint density at radius 1 is 1.12 bits per heavy atom. The van der Waals surface area contributed by atoms with Gasteiger partial charge in [-0.25, -0.2) is 0 Å². The molecule has 0 spiro atoms. The zero-order valence-electron chi connectivity index (χ0n) is 15.3. The lowest BCUT2D eigenvalue weighted by Crippen LogP contribution is -2.23. The molecule has 0 bridgehead atoms. The number of ether oxygens (including phenoxy) is 2. The van der Waals surface area contributed by atoms with Crippen molar-refractivity contribution in [1.82, 2.24) is 15.1 Å². The molecule has 0 aliphatic heterocycles. The largest absolute Gasteiger partial charge is 0.497 e. The summed E-state index contributed by atoms with van der Waals surface area (Å²) >= 11 is 0. The number of aromatic nitrogens is 2. The summed E-state index contributed by atoms with van der Waals surface area (Å²) in [5, 5.41) is 8.66. The Labute approximate surface area is 152 Å². The Bertz CT molecular complexity index is 896. The molecule has 0 aliphatic rings. The van der Waals surface area contributed by atoms with Crippen LogP contribution in [0.1, 0.15) is 29.4 Å². The molecule has 0 fully saturated rings. The van der Waals surface area contributed by atoms with Gasteiger partial charge < -0.3 is 14.8 Å². The number of hydrogen-bond donors (Lipinski definition) is 1.